The van der Waals surface area contributed by atoms with Crippen molar-refractivity contribution in [3.05, 3.63) is 30.0 Å². The Kier molecular flexibility index (Phi) is 3.32. The molecule has 4 heteroatoms. The van der Waals surface area contributed by atoms with Gasteiger partial charge in [0.15, 0.2) is 0 Å². The van der Waals surface area contributed by atoms with Crippen LogP contribution in [0, 0.1) is 0 Å². The Labute approximate surface area is 100 Å². The average molecular weight is 232 g/mol. The summed E-state index contributed by atoms with van der Waals surface area (Å²) < 4.78 is 10.3. The van der Waals surface area contributed by atoms with Gasteiger partial charge in [-0.25, -0.2) is 0 Å². The summed E-state index contributed by atoms with van der Waals surface area (Å²) in [5, 5.41) is 4.00. The van der Waals surface area contributed by atoms with Crippen molar-refractivity contribution in [1.29, 1.82) is 0 Å². The molecule has 0 saturated carbocycles. The van der Waals surface area contributed by atoms with E-state index in [4.69, 9.17) is 15.0 Å². The van der Waals surface area contributed by atoms with Crippen molar-refractivity contribution >= 4 is 5.88 Å². The van der Waals surface area contributed by atoms with E-state index in [1.54, 1.807) is 7.11 Å². The van der Waals surface area contributed by atoms with Crippen LogP contribution in [0.4, 0.5) is 5.88 Å². The van der Waals surface area contributed by atoms with E-state index in [0.29, 0.717) is 5.88 Å². The number of aromatic nitrogens is 1. The molecule has 1 aromatic heterocycles. The summed E-state index contributed by atoms with van der Waals surface area (Å²) >= 11 is 0. The molecule has 0 radical (unpaired) electrons. The molecule has 2 N–H and O–H groups in total. The lowest BCUT2D eigenvalue weighted by molar-refractivity contribution is 0.415. The number of nitrogens with zero attached hydrogens (tertiary/aromatic N) is 1. The van der Waals surface area contributed by atoms with Gasteiger partial charge in [-0.15, -0.1) is 0 Å². The second kappa shape index (κ2) is 4.91. The maximum atomic E-state index is 5.83. The second-order valence-electron chi connectivity index (χ2n) is 3.85. The van der Waals surface area contributed by atoms with Crippen LogP contribution in [0.25, 0.3) is 11.1 Å². The zero-order valence-electron chi connectivity index (χ0n) is 10.1. The average Bonchev–Trinajstić information content (AvgIpc) is 2.71. The summed E-state index contributed by atoms with van der Waals surface area (Å²) in [5.74, 6) is 1.16. The van der Waals surface area contributed by atoms with Crippen LogP contribution in [0.15, 0.2) is 28.8 Å². The topological polar surface area (TPSA) is 61.3 Å². The number of rotatable bonds is 4. The number of hydrogen-bond acceptors (Lipinski definition) is 4. The van der Waals surface area contributed by atoms with Gasteiger partial charge in [-0.05, 0) is 24.1 Å². The van der Waals surface area contributed by atoms with Gasteiger partial charge in [0.05, 0.1) is 18.4 Å². The zero-order valence-corrected chi connectivity index (χ0v) is 10.1. The van der Waals surface area contributed by atoms with Crippen LogP contribution < -0.4 is 10.5 Å². The van der Waals surface area contributed by atoms with E-state index >= 15 is 0 Å². The van der Waals surface area contributed by atoms with Crippen LogP contribution in [-0.2, 0) is 6.42 Å². The predicted molar refractivity (Wildman–Crippen MR) is 66.9 cm³/mol. The Morgan fingerprint density at radius 3 is 2.94 bits per heavy atom. The van der Waals surface area contributed by atoms with Crippen molar-refractivity contribution in [2.24, 2.45) is 0 Å². The van der Waals surface area contributed by atoms with E-state index in [2.05, 4.69) is 12.1 Å². The lowest BCUT2D eigenvalue weighted by atomic mass is 10.0. The smallest absolute Gasteiger partial charge is 0.230 e. The first-order valence-corrected chi connectivity index (χ1v) is 5.64. The Bertz CT molecular complexity index is 506. The van der Waals surface area contributed by atoms with Crippen molar-refractivity contribution < 1.29 is 9.26 Å². The van der Waals surface area contributed by atoms with Gasteiger partial charge in [0.1, 0.15) is 5.75 Å². The van der Waals surface area contributed by atoms with Gasteiger partial charge in [-0.3, -0.25) is 0 Å². The molecule has 0 atom stereocenters. The normalized spacial score (nSPS) is 10.5. The van der Waals surface area contributed by atoms with Crippen LogP contribution in [-0.4, -0.2) is 12.3 Å². The van der Waals surface area contributed by atoms with E-state index < -0.39 is 0 Å². The number of hydrogen-bond donors (Lipinski definition) is 1. The number of nitrogen functional groups attached to an aromatic ring is 1. The van der Waals surface area contributed by atoms with Crippen molar-refractivity contribution in [1.82, 2.24) is 5.16 Å². The van der Waals surface area contributed by atoms with Crippen LogP contribution >= 0.6 is 0 Å². The van der Waals surface area contributed by atoms with Crippen molar-refractivity contribution in [2.75, 3.05) is 12.8 Å². The van der Waals surface area contributed by atoms with Crippen molar-refractivity contribution in [3.8, 4) is 16.9 Å². The standard InChI is InChI=1S/C13H16N2O2/c1-3-5-11-12(13(14)17-15-11)9-6-4-7-10(8-9)16-2/h4,6-8H,3,5,14H2,1-2H3. The third-order valence-electron chi connectivity index (χ3n) is 2.63. The van der Waals surface area contributed by atoms with E-state index in [1.807, 2.05) is 24.3 Å². The van der Waals surface area contributed by atoms with Gasteiger partial charge < -0.3 is 15.0 Å². The Morgan fingerprint density at radius 2 is 2.24 bits per heavy atom. The fourth-order valence-electron chi connectivity index (χ4n) is 1.83. The molecule has 1 heterocycles. The predicted octanol–water partition coefficient (Wildman–Crippen LogP) is 2.88. The van der Waals surface area contributed by atoms with Gasteiger partial charge in [0.25, 0.3) is 0 Å². The maximum Gasteiger partial charge on any atom is 0.230 e. The van der Waals surface area contributed by atoms with E-state index in [9.17, 15) is 0 Å². The summed E-state index contributed by atoms with van der Waals surface area (Å²) in [6.07, 6.45) is 1.86. The van der Waals surface area contributed by atoms with Crippen LogP contribution in [0.2, 0.25) is 0 Å². The van der Waals surface area contributed by atoms with Gasteiger partial charge in [-0.2, -0.15) is 0 Å². The first-order valence-electron chi connectivity index (χ1n) is 5.64. The molecule has 1 aromatic carbocycles. The summed E-state index contributed by atoms with van der Waals surface area (Å²) in [4.78, 5) is 0. The van der Waals surface area contributed by atoms with Gasteiger partial charge in [0.2, 0.25) is 5.88 Å². The van der Waals surface area contributed by atoms with E-state index in [0.717, 1.165) is 35.4 Å². The molecule has 0 unspecified atom stereocenters. The molecule has 4 nitrogen and oxygen atoms in total. The van der Waals surface area contributed by atoms with Gasteiger partial charge in [0, 0.05) is 0 Å². The number of benzene rings is 1. The lowest BCUT2D eigenvalue weighted by Gasteiger charge is -2.04. The SMILES string of the molecule is CCCc1noc(N)c1-c1cccc(OC)c1. The van der Waals surface area contributed by atoms with Crippen LogP contribution in [0.1, 0.15) is 19.0 Å². The molecule has 17 heavy (non-hydrogen) atoms. The quantitative estimate of drug-likeness (QED) is 0.880. The molecule has 2 aromatic rings. The summed E-state index contributed by atoms with van der Waals surface area (Å²) in [7, 11) is 1.64. The number of aryl methyl sites for hydroxylation is 1. The van der Waals surface area contributed by atoms with E-state index in [-0.39, 0.29) is 0 Å². The molecule has 0 aliphatic carbocycles. The minimum absolute atomic E-state index is 0.363. The largest absolute Gasteiger partial charge is 0.497 e. The highest BCUT2D eigenvalue weighted by Gasteiger charge is 2.15. The highest BCUT2D eigenvalue weighted by Crippen LogP contribution is 2.32. The number of nitrogens with two attached hydrogens (primary N) is 1. The summed E-state index contributed by atoms with van der Waals surface area (Å²) in [6, 6.07) is 7.73. The van der Waals surface area contributed by atoms with Crippen LogP contribution in [0.3, 0.4) is 0 Å². The highest BCUT2D eigenvalue weighted by atomic mass is 16.5. The Balaban J connectivity index is 2.47. The lowest BCUT2D eigenvalue weighted by Crippen LogP contribution is -1.91. The molecule has 0 aliphatic rings. The fourth-order valence-corrected chi connectivity index (χ4v) is 1.83. The fraction of sp³-hybridized carbons (Fsp3) is 0.308. The van der Waals surface area contributed by atoms with Gasteiger partial charge in [-0.1, -0.05) is 30.6 Å². The molecule has 0 fully saturated rings. The zero-order chi connectivity index (χ0) is 12.3. The minimum atomic E-state index is 0.363. The minimum Gasteiger partial charge on any atom is -0.497 e. The number of anilines is 1. The molecule has 0 amide bonds. The summed E-state index contributed by atoms with van der Waals surface area (Å²) in [5.41, 5.74) is 8.58. The molecule has 0 spiro atoms. The second-order valence-corrected chi connectivity index (χ2v) is 3.85. The molecule has 0 saturated heterocycles. The summed E-state index contributed by atoms with van der Waals surface area (Å²) in [6.45, 7) is 2.10. The van der Waals surface area contributed by atoms with Crippen molar-refractivity contribution in [2.45, 2.75) is 19.8 Å². The first-order chi connectivity index (χ1) is 8.26. The molecular formula is C13H16N2O2. The number of ether oxygens (including phenoxy) is 1. The molecule has 90 valence electrons. The molecule has 2 rings (SSSR count). The first kappa shape index (κ1) is 11.5. The highest BCUT2D eigenvalue weighted by molar-refractivity contribution is 5.75. The molecule has 0 aliphatic heterocycles. The van der Waals surface area contributed by atoms with Gasteiger partial charge >= 0.3 is 0 Å². The van der Waals surface area contributed by atoms with E-state index in [1.165, 1.54) is 0 Å². The van der Waals surface area contributed by atoms with Crippen molar-refractivity contribution in [3.63, 3.8) is 0 Å². The third kappa shape index (κ3) is 2.25. The monoisotopic (exact) mass is 232 g/mol. The Morgan fingerprint density at radius 1 is 1.41 bits per heavy atom. The molecule has 0 bridgehead atoms. The number of methoxy groups -OCH3 is 1. The third-order valence-corrected chi connectivity index (χ3v) is 2.63. The Hall–Kier alpha value is -1.97. The molecular weight excluding hydrogens is 216 g/mol. The van der Waals surface area contributed by atoms with Crippen LogP contribution in [0.5, 0.6) is 5.75 Å². The maximum absolute atomic E-state index is 5.83.